The second-order valence-electron chi connectivity index (χ2n) is 4.72. The summed E-state index contributed by atoms with van der Waals surface area (Å²) in [7, 11) is 0. The van der Waals surface area contributed by atoms with E-state index in [0.29, 0.717) is 16.5 Å². The number of nitrogens with two attached hydrogens (primary N) is 1. The molecule has 1 aliphatic heterocycles. The second-order valence-corrected chi connectivity index (χ2v) is 5.12. The van der Waals surface area contributed by atoms with E-state index in [9.17, 15) is 9.59 Å². The van der Waals surface area contributed by atoms with Crippen LogP contribution in [0.5, 0.6) is 0 Å². The Morgan fingerprint density at radius 2 is 2.16 bits per heavy atom. The molecule has 1 aliphatic rings. The molecule has 1 aromatic rings. The molecule has 1 aromatic heterocycles. The number of hydrogen-bond acceptors (Lipinski definition) is 5. The molecular formula is C11H14ClN5O2. The molecule has 0 aromatic carbocycles. The van der Waals surface area contributed by atoms with E-state index in [2.05, 4.69) is 15.7 Å². The Balaban J connectivity index is 2.27. The van der Waals surface area contributed by atoms with Crippen molar-refractivity contribution < 1.29 is 9.59 Å². The first-order valence-corrected chi connectivity index (χ1v) is 5.99. The van der Waals surface area contributed by atoms with Crippen LogP contribution in [0.1, 0.15) is 19.5 Å². The number of hydrazine groups is 1. The molecule has 0 atom stereocenters. The Labute approximate surface area is 115 Å². The molecule has 8 heteroatoms. The largest absolute Gasteiger partial charge is 0.325 e. The van der Waals surface area contributed by atoms with Gasteiger partial charge in [0, 0.05) is 0 Å². The first-order valence-electron chi connectivity index (χ1n) is 5.61. The number of nitrogens with zero attached hydrogens (tertiary/aromatic N) is 2. The zero-order valence-electron chi connectivity index (χ0n) is 10.5. The molecule has 0 saturated carbocycles. The standard InChI is InChI=1S/C11H14ClN5O2/c1-11(2)9(18)17(10(19)15-11)5-7-6(12)3-4-8(14-7)16-13/h3-4H,5,13H2,1-2H3,(H,14,16)(H,15,19). The van der Waals surface area contributed by atoms with Gasteiger partial charge in [-0.25, -0.2) is 15.6 Å². The Bertz CT molecular complexity index is 546. The lowest BCUT2D eigenvalue weighted by Gasteiger charge is -2.16. The molecule has 1 saturated heterocycles. The molecule has 102 valence electrons. The van der Waals surface area contributed by atoms with Gasteiger partial charge in [-0.3, -0.25) is 9.69 Å². The fourth-order valence-electron chi connectivity index (χ4n) is 1.79. The molecule has 3 amide bonds. The number of halogens is 1. The van der Waals surface area contributed by atoms with E-state index in [0.717, 1.165) is 4.90 Å². The van der Waals surface area contributed by atoms with Gasteiger partial charge in [0.25, 0.3) is 5.91 Å². The average molecular weight is 284 g/mol. The van der Waals surface area contributed by atoms with E-state index in [1.807, 2.05) is 0 Å². The number of nitrogen functional groups attached to an aromatic ring is 1. The number of urea groups is 1. The molecule has 0 radical (unpaired) electrons. The highest BCUT2D eigenvalue weighted by Crippen LogP contribution is 2.22. The van der Waals surface area contributed by atoms with Crippen LogP contribution in [0.25, 0.3) is 0 Å². The lowest BCUT2D eigenvalue weighted by Crippen LogP contribution is -2.40. The molecule has 0 aliphatic carbocycles. The number of anilines is 1. The van der Waals surface area contributed by atoms with Crippen molar-refractivity contribution in [2.45, 2.75) is 25.9 Å². The Hall–Kier alpha value is -1.86. The van der Waals surface area contributed by atoms with Crippen LogP contribution in [0.15, 0.2) is 12.1 Å². The summed E-state index contributed by atoms with van der Waals surface area (Å²) in [5.41, 5.74) is 1.88. The molecule has 2 heterocycles. The molecule has 0 bridgehead atoms. The first-order chi connectivity index (χ1) is 8.85. The molecule has 0 unspecified atom stereocenters. The number of aromatic nitrogens is 1. The smallest absolute Gasteiger partial charge is 0.324 e. The third kappa shape index (κ3) is 2.47. The fourth-order valence-corrected chi connectivity index (χ4v) is 1.95. The van der Waals surface area contributed by atoms with Gasteiger partial charge in [-0.05, 0) is 26.0 Å². The summed E-state index contributed by atoms with van der Waals surface area (Å²) in [4.78, 5) is 29.0. The number of nitrogens with one attached hydrogen (secondary N) is 2. The summed E-state index contributed by atoms with van der Waals surface area (Å²) in [6, 6.07) is 2.74. The van der Waals surface area contributed by atoms with E-state index in [4.69, 9.17) is 17.4 Å². The minimum Gasteiger partial charge on any atom is -0.324 e. The van der Waals surface area contributed by atoms with E-state index in [1.165, 1.54) is 0 Å². The van der Waals surface area contributed by atoms with Crippen molar-refractivity contribution in [3.63, 3.8) is 0 Å². The number of imide groups is 1. The predicted octanol–water partition coefficient (Wildman–Crippen LogP) is 0.851. The van der Waals surface area contributed by atoms with Crippen molar-refractivity contribution in [1.29, 1.82) is 0 Å². The SMILES string of the molecule is CC1(C)NC(=O)N(Cc2nc(NN)ccc2Cl)C1=O. The van der Waals surface area contributed by atoms with Crippen LogP contribution in [0.3, 0.4) is 0 Å². The average Bonchev–Trinajstić information content (AvgIpc) is 2.54. The van der Waals surface area contributed by atoms with Crippen molar-refractivity contribution in [1.82, 2.24) is 15.2 Å². The lowest BCUT2D eigenvalue weighted by molar-refractivity contribution is -0.130. The predicted molar refractivity (Wildman–Crippen MR) is 70.2 cm³/mol. The minimum absolute atomic E-state index is 0.00243. The molecule has 19 heavy (non-hydrogen) atoms. The van der Waals surface area contributed by atoms with Crippen LogP contribution in [-0.4, -0.2) is 27.4 Å². The van der Waals surface area contributed by atoms with Crippen LogP contribution in [0.2, 0.25) is 5.02 Å². The summed E-state index contributed by atoms with van der Waals surface area (Å²) < 4.78 is 0. The Morgan fingerprint density at radius 1 is 1.47 bits per heavy atom. The zero-order chi connectivity index (χ0) is 14.2. The number of rotatable bonds is 3. The topological polar surface area (TPSA) is 100 Å². The summed E-state index contributed by atoms with van der Waals surface area (Å²) >= 11 is 6.00. The van der Waals surface area contributed by atoms with Gasteiger partial charge in [-0.2, -0.15) is 0 Å². The number of hydrogen-bond donors (Lipinski definition) is 3. The van der Waals surface area contributed by atoms with E-state index < -0.39 is 11.6 Å². The number of carbonyl (C=O) groups is 2. The molecular weight excluding hydrogens is 270 g/mol. The molecule has 0 spiro atoms. The number of amides is 3. The molecule has 7 nitrogen and oxygen atoms in total. The van der Waals surface area contributed by atoms with E-state index in [1.54, 1.807) is 26.0 Å². The van der Waals surface area contributed by atoms with E-state index >= 15 is 0 Å². The van der Waals surface area contributed by atoms with Crippen LogP contribution in [0, 0.1) is 0 Å². The zero-order valence-corrected chi connectivity index (χ0v) is 11.3. The highest BCUT2D eigenvalue weighted by atomic mass is 35.5. The second kappa shape index (κ2) is 4.67. The maximum absolute atomic E-state index is 12.0. The Morgan fingerprint density at radius 3 is 2.68 bits per heavy atom. The summed E-state index contributed by atoms with van der Waals surface area (Å²) in [5, 5.41) is 2.95. The maximum atomic E-state index is 12.0. The van der Waals surface area contributed by atoms with Gasteiger partial charge in [0.15, 0.2) is 0 Å². The van der Waals surface area contributed by atoms with Crippen LogP contribution in [-0.2, 0) is 11.3 Å². The van der Waals surface area contributed by atoms with Crippen molar-refractivity contribution in [2.75, 3.05) is 5.43 Å². The van der Waals surface area contributed by atoms with E-state index in [-0.39, 0.29) is 12.5 Å². The quantitative estimate of drug-likeness (QED) is 0.434. The first kappa shape index (κ1) is 13.6. The number of pyridine rings is 1. The number of carbonyl (C=O) groups excluding carboxylic acids is 2. The van der Waals surface area contributed by atoms with Crippen LogP contribution < -0.4 is 16.6 Å². The summed E-state index contributed by atoms with van der Waals surface area (Å²) in [6.45, 7) is 3.28. The van der Waals surface area contributed by atoms with Gasteiger partial charge < -0.3 is 10.7 Å². The summed E-state index contributed by atoms with van der Waals surface area (Å²) in [6.07, 6.45) is 0. The monoisotopic (exact) mass is 283 g/mol. The van der Waals surface area contributed by atoms with Gasteiger partial charge in [0.1, 0.15) is 11.4 Å². The minimum atomic E-state index is -0.909. The Kier molecular flexibility index (Phi) is 3.34. The maximum Gasteiger partial charge on any atom is 0.325 e. The highest BCUT2D eigenvalue weighted by molar-refractivity contribution is 6.31. The van der Waals surface area contributed by atoms with Crippen molar-refractivity contribution in [3.05, 3.63) is 22.8 Å². The summed E-state index contributed by atoms with van der Waals surface area (Å²) in [5.74, 6) is 5.35. The molecule has 2 rings (SSSR count). The normalized spacial score (nSPS) is 17.6. The van der Waals surface area contributed by atoms with Gasteiger partial charge in [-0.1, -0.05) is 11.6 Å². The van der Waals surface area contributed by atoms with Gasteiger partial charge >= 0.3 is 6.03 Å². The van der Waals surface area contributed by atoms with Crippen LogP contribution >= 0.6 is 11.6 Å². The van der Waals surface area contributed by atoms with Gasteiger partial charge in [0.05, 0.1) is 17.3 Å². The molecule has 4 N–H and O–H groups in total. The van der Waals surface area contributed by atoms with Crippen molar-refractivity contribution in [3.8, 4) is 0 Å². The van der Waals surface area contributed by atoms with Crippen molar-refractivity contribution >= 4 is 29.4 Å². The fraction of sp³-hybridized carbons (Fsp3) is 0.364. The lowest BCUT2D eigenvalue weighted by atomic mass is 10.1. The van der Waals surface area contributed by atoms with Gasteiger partial charge in [0.2, 0.25) is 0 Å². The van der Waals surface area contributed by atoms with Crippen LogP contribution in [0.4, 0.5) is 10.6 Å². The molecule has 1 fully saturated rings. The highest BCUT2D eigenvalue weighted by Gasteiger charge is 2.44. The van der Waals surface area contributed by atoms with Crippen molar-refractivity contribution in [2.24, 2.45) is 5.84 Å². The third-order valence-electron chi connectivity index (χ3n) is 2.82. The van der Waals surface area contributed by atoms with Gasteiger partial charge in [-0.15, -0.1) is 0 Å². The third-order valence-corrected chi connectivity index (χ3v) is 3.16.